The Bertz CT molecular complexity index is 321. The van der Waals surface area contributed by atoms with Gasteiger partial charge in [0.05, 0.1) is 12.7 Å². The fraction of sp³-hybridized carbons (Fsp3) is 0.500. The third-order valence-corrected chi connectivity index (χ3v) is 2.59. The molecule has 0 aromatic carbocycles. The van der Waals surface area contributed by atoms with Crippen LogP contribution in [0.25, 0.3) is 0 Å². The number of hydrogen-bond acceptors (Lipinski definition) is 4. The molecular weight excluding hydrogens is 178 g/mol. The zero-order valence-corrected chi connectivity index (χ0v) is 8.29. The summed E-state index contributed by atoms with van der Waals surface area (Å²) in [6.07, 6.45) is 3.96. The monoisotopic (exact) mass is 193 g/mol. The van der Waals surface area contributed by atoms with Gasteiger partial charge in [-0.05, 0) is 25.5 Å². The van der Waals surface area contributed by atoms with Crippen LogP contribution in [0.1, 0.15) is 24.4 Å². The maximum atomic E-state index is 5.92. The van der Waals surface area contributed by atoms with Crippen LogP contribution in [0.15, 0.2) is 12.3 Å². The van der Waals surface area contributed by atoms with Gasteiger partial charge in [0.25, 0.3) is 0 Å². The fourth-order valence-corrected chi connectivity index (χ4v) is 1.91. The van der Waals surface area contributed by atoms with Gasteiger partial charge in [0, 0.05) is 17.9 Å². The van der Waals surface area contributed by atoms with Crippen molar-refractivity contribution in [3.05, 3.63) is 17.8 Å². The van der Waals surface area contributed by atoms with E-state index < -0.39 is 0 Å². The number of nitrogens with zero attached hydrogens (tertiary/aromatic N) is 1. The molecule has 1 aromatic rings. The van der Waals surface area contributed by atoms with Crippen LogP contribution < -0.4 is 15.8 Å². The quantitative estimate of drug-likeness (QED) is 0.738. The van der Waals surface area contributed by atoms with Crippen molar-refractivity contribution in [3.63, 3.8) is 0 Å². The first-order valence-corrected chi connectivity index (χ1v) is 4.84. The lowest BCUT2D eigenvalue weighted by Gasteiger charge is -2.15. The number of methoxy groups -OCH3 is 1. The van der Waals surface area contributed by atoms with E-state index in [-0.39, 0.29) is 0 Å². The van der Waals surface area contributed by atoms with Gasteiger partial charge in [-0.3, -0.25) is 0 Å². The molecule has 1 aliphatic heterocycles. The smallest absolute Gasteiger partial charge is 0.219 e. The maximum Gasteiger partial charge on any atom is 0.219 e. The van der Waals surface area contributed by atoms with Gasteiger partial charge in [0.15, 0.2) is 0 Å². The zero-order chi connectivity index (χ0) is 9.97. The van der Waals surface area contributed by atoms with Crippen molar-refractivity contribution in [3.8, 4) is 5.88 Å². The Morgan fingerprint density at radius 2 is 2.50 bits per heavy atom. The second-order valence-corrected chi connectivity index (χ2v) is 3.47. The summed E-state index contributed by atoms with van der Waals surface area (Å²) >= 11 is 0. The van der Waals surface area contributed by atoms with Crippen molar-refractivity contribution in [2.24, 2.45) is 0 Å². The number of nitrogens with one attached hydrogen (secondary N) is 1. The van der Waals surface area contributed by atoms with Gasteiger partial charge >= 0.3 is 0 Å². The molecule has 0 bridgehead atoms. The van der Waals surface area contributed by atoms with E-state index in [1.165, 1.54) is 6.42 Å². The largest absolute Gasteiger partial charge is 0.481 e. The Balaban J connectivity index is 2.37. The summed E-state index contributed by atoms with van der Waals surface area (Å²) in [6.45, 7) is 1.04. The van der Waals surface area contributed by atoms with E-state index in [4.69, 9.17) is 10.5 Å². The van der Waals surface area contributed by atoms with Gasteiger partial charge in [-0.1, -0.05) is 0 Å². The summed E-state index contributed by atoms with van der Waals surface area (Å²) in [5, 5.41) is 3.39. The molecule has 0 saturated carbocycles. The van der Waals surface area contributed by atoms with Crippen LogP contribution in [0.4, 0.5) is 5.69 Å². The second kappa shape index (κ2) is 3.84. The minimum Gasteiger partial charge on any atom is -0.481 e. The molecule has 1 unspecified atom stereocenters. The van der Waals surface area contributed by atoms with Crippen LogP contribution in [0.2, 0.25) is 0 Å². The van der Waals surface area contributed by atoms with Crippen LogP contribution in [-0.4, -0.2) is 18.6 Å². The number of nitrogen functional groups attached to an aromatic ring is 1. The van der Waals surface area contributed by atoms with Gasteiger partial charge < -0.3 is 15.8 Å². The third-order valence-electron chi connectivity index (χ3n) is 2.59. The van der Waals surface area contributed by atoms with Crippen molar-refractivity contribution in [1.82, 2.24) is 10.3 Å². The topological polar surface area (TPSA) is 60.2 Å². The van der Waals surface area contributed by atoms with Crippen LogP contribution >= 0.6 is 0 Å². The molecule has 2 rings (SSSR count). The van der Waals surface area contributed by atoms with E-state index in [9.17, 15) is 0 Å². The molecule has 4 nitrogen and oxygen atoms in total. The van der Waals surface area contributed by atoms with Crippen LogP contribution in [0, 0.1) is 0 Å². The van der Waals surface area contributed by atoms with Crippen molar-refractivity contribution >= 4 is 5.69 Å². The van der Waals surface area contributed by atoms with Gasteiger partial charge in [-0.15, -0.1) is 0 Å². The molecular formula is C10H15N3O. The van der Waals surface area contributed by atoms with Crippen LogP contribution in [0.3, 0.4) is 0 Å². The van der Waals surface area contributed by atoms with Gasteiger partial charge in [-0.2, -0.15) is 0 Å². The molecule has 1 saturated heterocycles. The van der Waals surface area contributed by atoms with E-state index >= 15 is 0 Å². The summed E-state index contributed by atoms with van der Waals surface area (Å²) in [6, 6.07) is 2.12. The number of rotatable bonds is 2. The van der Waals surface area contributed by atoms with Crippen LogP contribution in [-0.2, 0) is 0 Å². The summed E-state index contributed by atoms with van der Waals surface area (Å²) in [5.74, 6) is 0.643. The second-order valence-electron chi connectivity index (χ2n) is 3.47. The number of hydrogen-bond donors (Lipinski definition) is 2. The summed E-state index contributed by atoms with van der Waals surface area (Å²) in [4.78, 5) is 4.16. The molecule has 1 fully saturated rings. The van der Waals surface area contributed by atoms with Crippen molar-refractivity contribution in [2.45, 2.75) is 18.9 Å². The summed E-state index contributed by atoms with van der Waals surface area (Å²) < 4.78 is 5.21. The zero-order valence-electron chi connectivity index (χ0n) is 8.29. The Morgan fingerprint density at radius 3 is 3.14 bits per heavy atom. The summed E-state index contributed by atoms with van der Waals surface area (Å²) in [7, 11) is 1.63. The predicted molar refractivity (Wildman–Crippen MR) is 55.2 cm³/mol. The highest BCUT2D eigenvalue weighted by Crippen LogP contribution is 2.33. The highest BCUT2D eigenvalue weighted by Gasteiger charge is 2.22. The first-order valence-electron chi connectivity index (χ1n) is 4.84. The lowest BCUT2D eigenvalue weighted by atomic mass is 10.1. The van der Waals surface area contributed by atoms with Crippen molar-refractivity contribution < 1.29 is 4.74 Å². The average molecular weight is 193 g/mol. The highest BCUT2D eigenvalue weighted by molar-refractivity contribution is 5.52. The molecule has 14 heavy (non-hydrogen) atoms. The van der Waals surface area contributed by atoms with E-state index in [1.54, 1.807) is 13.3 Å². The van der Waals surface area contributed by atoms with Crippen molar-refractivity contribution in [2.75, 3.05) is 19.4 Å². The summed E-state index contributed by atoms with van der Waals surface area (Å²) in [5.41, 5.74) is 7.68. The molecule has 3 N–H and O–H groups in total. The Kier molecular flexibility index (Phi) is 2.54. The molecule has 2 heterocycles. The number of pyridine rings is 1. The van der Waals surface area contributed by atoms with Gasteiger partial charge in [0.2, 0.25) is 5.88 Å². The fourth-order valence-electron chi connectivity index (χ4n) is 1.91. The number of ether oxygens (including phenoxy) is 1. The van der Waals surface area contributed by atoms with E-state index in [2.05, 4.69) is 10.3 Å². The first-order chi connectivity index (χ1) is 6.83. The molecule has 1 aromatic heterocycles. The van der Waals surface area contributed by atoms with Crippen LogP contribution in [0.5, 0.6) is 5.88 Å². The molecule has 1 aliphatic rings. The Morgan fingerprint density at radius 1 is 1.64 bits per heavy atom. The molecule has 0 aliphatic carbocycles. The molecule has 1 atom stereocenters. The SMILES string of the molecule is COc1nccc(N)c1C1CCCN1. The minimum absolute atomic E-state index is 0.304. The predicted octanol–water partition coefficient (Wildman–Crippen LogP) is 1.10. The molecule has 0 spiro atoms. The number of anilines is 1. The molecule has 76 valence electrons. The maximum absolute atomic E-state index is 5.92. The van der Waals surface area contributed by atoms with Gasteiger partial charge in [-0.25, -0.2) is 4.98 Å². The number of nitrogens with two attached hydrogens (primary N) is 1. The number of aromatic nitrogens is 1. The lowest BCUT2D eigenvalue weighted by Crippen LogP contribution is -2.16. The molecule has 0 radical (unpaired) electrons. The van der Waals surface area contributed by atoms with E-state index in [0.29, 0.717) is 11.9 Å². The normalized spacial score (nSPS) is 21.1. The van der Waals surface area contributed by atoms with E-state index in [1.807, 2.05) is 6.07 Å². The standard InChI is InChI=1S/C10H15N3O/c1-14-10-9(7(11)4-6-13-10)8-3-2-5-12-8/h4,6,8,12H,2-3,5H2,1H3,(H2,11,13). The Labute approximate surface area is 83.5 Å². The highest BCUT2D eigenvalue weighted by atomic mass is 16.5. The molecule has 4 heteroatoms. The van der Waals surface area contributed by atoms with E-state index in [0.717, 1.165) is 24.2 Å². The van der Waals surface area contributed by atoms with Gasteiger partial charge in [0.1, 0.15) is 0 Å². The lowest BCUT2D eigenvalue weighted by molar-refractivity contribution is 0.387. The molecule has 0 amide bonds. The third kappa shape index (κ3) is 1.53. The average Bonchev–Trinajstić information content (AvgIpc) is 2.70. The Hall–Kier alpha value is -1.29. The first kappa shape index (κ1) is 9.27. The van der Waals surface area contributed by atoms with Crippen molar-refractivity contribution in [1.29, 1.82) is 0 Å². The minimum atomic E-state index is 0.304.